The Bertz CT molecular complexity index is 532. The number of rotatable bonds is 4. The summed E-state index contributed by atoms with van der Waals surface area (Å²) in [6.07, 6.45) is 0. The van der Waals surface area contributed by atoms with E-state index in [9.17, 15) is 9.59 Å². The van der Waals surface area contributed by atoms with Crippen LogP contribution in [0.1, 0.15) is 19.4 Å². The minimum absolute atomic E-state index is 0.0110. The zero-order valence-corrected chi connectivity index (χ0v) is 10.7. The molecule has 0 saturated carbocycles. The molecule has 0 unspecified atom stereocenters. The highest BCUT2D eigenvalue weighted by atomic mass is 16.4. The first kappa shape index (κ1) is 14.5. The molecule has 0 radical (unpaired) electrons. The number of aliphatic carboxylic acids is 1. The van der Waals surface area contributed by atoms with E-state index in [1.165, 1.54) is 13.8 Å². The van der Waals surface area contributed by atoms with Gasteiger partial charge in [-0.15, -0.1) is 0 Å². The minimum Gasteiger partial charge on any atom is -0.481 e. The molecule has 0 aliphatic heterocycles. The van der Waals surface area contributed by atoms with Crippen molar-refractivity contribution < 1.29 is 14.7 Å². The summed E-state index contributed by atoms with van der Waals surface area (Å²) >= 11 is 0. The van der Waals surface area contributed by atoms with Gasteiger partial charge < -0.3 is 15.7 Å². The van der Waals surface area contributed by atoms with Crippen LogP contribution in [0.4, 0.5) is 10.5 Å². The molecular weight excluding hydrogens is 246 g/mol. The number of hydrogen-bond acceptors (Lipinski definition) is 3. The van der Waals surface area contributed by atoms with Gasteiger partial charge in [-0.2, -0.15) is 5.26 Å². The second kappa shape index (κ2) is 5.87. The number of anilines is 1. The van der Waals surface area contributed by atoms with Crippen LogP contribution in [0, 0.1) is 16.7 Å². The van der Waals surface area contributed by atoms with E-state index in [1.54, 1.807) is 24.3 Å². The van der Waals surface area contributed by atoms with Crippen molar-refractivity contribution in [1.29, 1.82) is 5.26 Å². The van der Waals surface area contributed by atoms with Gasteiger partial charge in [0.25, 0.3) is 0 Å². The van der Waals surface area contributed by atoms with Gasteiger partial charge in [-0.1, -0.05) is 12.1 Å². The topological polar surface area (TPSA) is 102 Å². The second-order valence-electron chi connectivity index (χ2n) is 4.65. The average molecular weight is 261 g/mol. The molecule has 0 saturated heterocycles. The normalized spacial score (nSPS) is 10.4. The number of urea groups is 1. The van der Waals surface area contributed by atoms with Gasteiger partial charge in [-0.25, -0.2) is 4.79 Å². The number of carboxylic acid groups (broad SMARTS) is 1. The molecule has 19 heavy (non-hydrogen) atoms. The quantitative estimate of drug-likeness (QED) is 0.768. The van der Waals surface area contributed by atoms with E-state index in [4.69, 9.17) is 10.4 Å². The summed E-state index contributed by atoms with van der Waals surface area (Å²) in [6, 6.07) is 7.97. The van der Waals surface area contributed by atoms with Crippen LogP contribution in [0.5, 0.6) is 0 Å². The number of nitrogens with one attached hydrogen (secondary N) is 2. The molecule has 0 bridgehead atoms. The van der Waals surface area contributed by atoms with E-state index >= 15 is 0 Å². The number of nitriles is 1. The Morgan fingerprint density at radius 1 is 1.37 bits per heavy atom. The lowest BCUT2D eigenvalue weighted by molar-refractivity contribution is -0.146. The Hall–Kier alpha value is -2.55. The fourth-order valence-corrected chi connectivity index (χ4v) is 1.23. The lowest BCUT2D eigenvalue weighted by Crippen LogP contribution is -2.40. The van der Waals surface area contributed by atoms with Crippen molar-refractivity contribution in [3.05, 3.63) is 29.8 Å². The predicted molar refractivity (Wildman–Crippen MR) is 69.6 cm³/mol. The molecule has 0 heterocycles. The third-order valence-electron chi connectivity index (χ3n) is 2.57. The number of carboxylic acids is 1. The van der Waals surface area contributed by atoms with E-state index in [2.05, 4.69) is 10.6 Å². The first-order chi connectivity index (χ1) is 8.86. The lowest BCUT2D eigenvalue weighted by Gasteiger charge is -2.19. The van der Waals surface area contributed by atoms with Crippen molar-refractivity contribution in [1.82, 2.24) is 5.32 Å². The Labute approximate surface area is 111 Å². The zero-order chi connectivity index (χ0) is 14.5. The SMILES string of the molecule is CC(C)(CNC(=O)Nc1ccccc1C#N)C(=O)O. The maximum atomic E-state index is 11.6. The summed E-state index contributed by atoms with van der Waals surface area (Å²) in [6.45, 7) is 3.01. The summed E-state index contributed by atoms with van der Waals surface area (Å²) in [4.78, 5) is 22.5. The van der Waals surface area contributed by atoms with E-state index in [0.717, 1.165) is 0 Å². The smallest absolute Gasteiger partial charge is 0.319 e. The van der Waals surface area contributed by atoms with Crippen LogP contribution in [-0.4, -0.2) is 23.7 Å². The molecule has 0 aliphatic carbocycles. The molecule has 1 aromatic rings. The van der Waals surface area contributed by atoms with Crippen molar-refractivity contribution >= 4 is 17.7 Å². The van der Waals surface area contributed by atoms with Crippen LogP contribution in [-0.2, 0) is 4.79 Å². The van der Waals surface area contributed by atoms with Gasteiger partial charge in [0.05, 0.1) is 16.7 Å². The fraction of sp³-hybridized carbons (Fsp3) is 0.308. The van der Waals surface area contributed by atoms with Gasteiger partial charge in [0.2, 0.25) is 0 Å². The monoisotopic (exact) mass is 261 g/mol. The maximum absolute atomic E-state index is 11.6. The molecule has 0 aromatic heterocycles. The van der Waals surface area contributed by atoms with Crippen LogP contribution >= 0.6 is 0 Å². The number of amides is 2. The van der Waals surface area contributed by atoms with Gasteiger partial charge in [0, 0.05) is 6.54 Å². The fourth-order valence-electron chi connectivity index (χ4n) is 1.23. The number of nitrogens with zero attached hydrogens (tertiary/aromatic N) is 1. The Morgan fingerprint density at radius 3 is 2.58 bits per heavy atom. The van der Waals surface area contributed by atoms with Gasteiger partial charge in [0.15, 0.2) is 0 Å². The van der Waals surface area contributed by atoms with Crippen LogP contribution in [0.15, 0.2) is 24.3 Å². The molecule has 0 atom stereocenters. The van der Waals surface area contributed by atoms with Gasteiger partial charge in [-0.05, 0) is 26.0 Å². The van der Waals surface area contributed by atoms with E-state index in [0.29, 0.717) is 11.3 Å². The second-order valence-corrected chi connectivity index (χ2v) is 4.65. The zero-order valence-electron chi connectivity index (χ0n) is 10.7. The molecule has 0 fully saturated rings. The van der Waals surface area contributed by atoms with Crippen molar-refractivity contribution in [3.63, 3.8) is 0 Å². The largest absolute Gasteiger partial charge is 0.481 e. The molecule has 0 aliphatic rings. The van der Waals surface area contributed by atoms with Gasteiger partial charge in [-0.3, -0.25) is 4.79 Å². The van der Waals surface area contributed by atoms with Crippen LogP contribution in [0.3, 0.4) is 0 Å². The first-order valence-electron chi connectivity index (χ1n) is 5.64. The highest BCUT2D eigenvalue weighted by molar-refractivity contribution is 5.91. The first-order valence-corrected chi connectivity index (χ1v) is 5.64. The molecule has 1 rings (SSSR count). The molecule has 1 aromatic carbocycles. The van der Waals surface area contributed by atoms with Crippen molar-refractivity contribution in [2.45, 2.75) is 13.8 Å². The minimum atomic E-state index is -1.05. The highest BCUT2D eigenvalue weighted by Crippen LogP contribution is 2.15. The molecule has 3 N–H and O–H groups in total. The van der Waals surface area contributed by atoms with Crippen molar-refractivity contribution in [2.75, 3.05) is 11.9 Å². The molecule has 6 nitrogen and oxygen atoms in total. The summed E-state index contributed by atoms with van der Waals surface area (Å²) in [5.41, 5.74) is -0.322. The van der Waals surface area contributed by atoms with E-state index < -0.39 is 17.4 Å². The standard InChI is InChI=1S/C13H15N3O3/c1-13(2,11(17)18)8-15-12(19)16-10-6-4-3-5-9(10)7-14/h3-6H,8H2,1-2H3,(H,17,18)(H2,15,16,19). The number of para-hydroxylation sites is 1. The summed E-state index contributed by atoms with van der Waals surface area (Å²) in [5, 5.41) is 22.7. The molecule has 100 valence electrons. The summed E-state index contributed by atoms with van der Waals surface area (Å²) < 4.78 is 0. The van der Waals surface area contributed by atoms with Gasteiger partial charge in [0.1, 0.15) is 6.07 Å². The third-order valence-corrected chi connectivity index (χ3v) is 2.57. The number of carbonyl (C=O) groups excluding carboxylic acids is 1. The van der Waals surface area contributed by atoms with Crippen LogP contribution in [0.2, 0.25) is 0 Å². The van der Waals surface area contributed by atoms with Crippen molar-refractivity contribution in [3.8, 4) is 6.07 Å². The third kappa shape index (κ3) is 4.00. The van der Waals surface area contributed by atoms with E-state index in [-0.39, 0.29) is 6.54 Å². The van der Waals surface area contributed by atoms with Crippen LogP contribution < -0.4 is 10.6 Å². The lowest BCUT2D eigenvalue weighted by atomic mass is 9.94. The summed E-state index contributed by atoms with van der Waals surface area (Å²) in [5.74, 6) is -0.995. The molecule has 2 amide bonds. The van der Waals surface area contributed by atoms with E-state index in [1.807, 2.05) is 6.07 Å². The number of hydrogen-bond donors (Lipinski definition) is 3. The predicted octanol–water partition coefficient (Wildman–Crippen LogP) is 1.79. The number of carbonyl (C=O) groups is 2. The van der Waals surface area contributed by atoms with Crippen molar-refractivity contribution in [2.24, 2.45) is 5.41 Å². The Morgan fingerprint density at radius 2 is 2.00 bits per heavy atom. The number of benzene rings is 1. The molecule has 0 spiro atoms. The average Bonchev–Trinajstić information content (AvgIpc) is 2.37. The maximum Gasteiger partial charge on any atom is 0.319 e. The highest BCUT2D eigenvalue weighted by Gasteiger charge is 2.27. The molecular formula is C13H15N3O3. The van der Waals surface area contributed by atoms with Crippen LogP contribution in [0.25, 0.3) is 0 Å². The summed E-state index contributed by atoms with van der Waals surface area (Å²) in [7, 11) is 0. The van der Waals surface area contributed by atoms with Gasteiger partial charge >= 0.3 is 12.0 Å². The Balaban J connectivity index is 2.62. The molecule has 6 heteroatoms. The Kier molecular flexibility index (Phi) is 4.48.